The summed E-state index contributed by atoms with van der Waals surface area (Å²) in [5.74, 6) is -0.0582. The van der Waals surface area contributed by atoms with Gasteiger partial charge in [0.05, 0.1) is 4.90 Å². The van der Waals surface area contributed by atoms with E-state index in [-0.39, 0.29) is 22.7 Å². The van der Waals surface area contributed by atoms with E-state index in [9.17, 15) is 13.2 Å². The summed E-state index contributed by atoms with van der Waals surface area (Å²) in [6.07, 6.45) is 0. The third kappa shape index (κ3) is 4.17. The largest absolute Gasteiger partial charge is 0.370 e. The van der Waals surface area contributed by atoms with Gasteiger partial charge in [0.2, 0.25) is 5.91 Å². The van der Waals surface area contributed by atoms with Crippen LogP contribution in [0.2, 0.25) is 0 Å². The molecule has 2 atom stereocenters. The van der Waals surface area contributed by atoms with E-state index in [0.29, 0.717) is 12.1 Å². The van der Waals surface area contributed by atoms with Crippen molar-refractivity contribution in [1.82, 2.24) is 10.0 Å². The molecule has 2 N–H and O–H groups in total. The molecule has 3 rings (SSSR count). The number of rotatable bonds is 6. The van der Waals surface area contributed by atoms with Crippen LogP contribution in [0.4, 0.5) is 5.69 Å². The third-order valence-corrected chi connectivity index (χ3v) is 6.16. The second-order valence-corrected chi connectivity index (χ2v) is 8.45. The Bertz CT molecular complexity index is 990. The highest BCUT2D eigenvalue weighted by Crippen LogP contribution is 2.22. The molecule has 0 bridgehead atoms. The number of nitrogens with zero attached hydrogens (tertiary/aromatic N) is 2. The molecular weight excluding hydrogens is 376 g/mol. The second kappa shape index (κ2) is 8.02. The van der Waals surface area contributed by atoms with Gasteiger partial charge in [0.1, 0.15) is 11.9 Å². The fraction of sp³-hybridized carbons (Fsp3) is 0.300. The zero-order valence-corrected chi connectivity index (χ0v) is 16.9. The van der Waals surface area contributed by atoms with E-state index in [2.05, 4.69) is 19.9 Å². The van der Waals surface area contributed by atoms with Crippen molar-refractivity contribution in [3.05, 3.63) is 60.2 Å². The Morgan fingerprint density at radius 2 is 1.75 bits per heavy atom. The number of fused-ring (bicyclic) bond motifs is 1. The molecule has 0 aliphatic carbocycles. The quantitative estimate of drug-likeness (QED) is 0.773. The molecule has 0 spiro atoms. The number of amides is 1. The molecule has 28 heavy (non-hydrogen) atoms. The summed E-state index contributed by atoms with van der Waals surface area (Å²) < 4.78 is 26.7. The monoisotopic (exact) mass is 400 g/mol. The zero-order chi connectivity index (χ0) is 20.3. The van der Waals surface area contributed by atoms with Gasteiger partial charge in [0.25, 0.3) is 10.0 Å². The molecule has 148 valence electrons. The molecule has 0 fully saturated rings. The van der Waals surface area contributed by atoms with Gasteiger partial charge in [-0.2, -0.15) is 0 Å². The molecule has 2 aromatic carbocycles. The summed E-state index contributed by atoms with van der Waals surface area (Å²) in [7, 11) is -1.64. The zero-order valence-electron chi connectivity index (χ0n) is 16.1. The number of carbonyl (C=O) groups is 1. The lowest BCUT2D eigenvalue weighted by Gasteiger charge is -2.27. The van der Waals surface area contributed by atoms with Crippen LogP contribution in [-0.4, -0.2) is 45.8 Å². The van der Waals surface area contributed by atoms with Gasteiger partial charge in [0.15, 0.2) is 0 Å². The Labute approximate surface area is 165 Å². The summed E-state index contributed by atoms with van der Waals surface area (Å²) in [4.78, 5) is 19.0. The van der Waals surface area contributed by atoms with Crippen molar-refractivity contribution in [2.75, 3.05) is 18.5 Å². The highest BCUT2D eigenvalue weighted by Gasteiger charge is 2.31. The summed E-state index contributed by atoms with van der Waals surface area (Å²) in [5.41, 5.74) is 1.55. The number of likely N-dealkylation sites (N-methyl/N-ethyl adjacent to an activating group) is 1. The van der Waals surface area contributed by atoms with E-state index in [1.807, 2.05) is 44.3 Å². The van der Waals surface area contributed by atoms with E-state index in [0.717, 1.165) is 5.69 Å². The minimum absolute atomic E-state index is 0.0805. The Kier molecular flexibility index (Phi) is 5.69. The topological polar surface area (TPSA) is 90.9 Å². The average Bonchev–Trinajstić information content (AvgIpc) is 2.96. The maximum atomic E-state index is 12.5. The SMILES string of the molecule is CC(CNC(=O)[C@H](C)N=C1NS(=O)(=O)c2ccccc21)N(C)c1ccccc1. The molecule has 0 radical (unpaired) electrons. The smallest absolute Gasteiger partial charge is 0.263 e. The number of para-hydroxylation sites is 1. The van der Waals surface area contributed by atoms with Crippen molar-refractivity contribution in [2.24, 2.45) is 4.99 Å². The number of amidine groups is 1. The van der Waals surface area contributed by atoms with E-state index >= 15 is 0 Å². The van der Waals surface area contributed by atoms with Crippen LogP contribution < -0.4 is 14.9 Å². The molecule has 0 saturated heterocycles. The molecule has 2 aromatic rings. The minimum atomic E-state index is -3.61. The van der Waals surface area contributed by atoms with E-state index in [4.69, 9.17) is 0 Å². The molecule has 8 heteroatoms. The number of benzene rings is 2. The predicted molar refractivity (Wildman–Crippen MR) is 110 cm³/mol. The molecule has 1 aliphatic rings. The number of carbonyl (C=O) groups excluding carboxylic acids is 1. The van der Waals surface area contributed by atoms with E-state index < -0.39 is 16.1 Å². The lowest BCUT2D eigenvalue weighted by Crippen LogP contribution is -2.43. The van der Waals surface area contributed by atoms with Gasteiger partial charge in [-0.05, 0) is 38.1 Å². The van der Waals surface area contributed by atoms with Crippen LogP contribution in [0, 0.1) is 0 Å². The van der Waals surface area contributed by atoms with Crippen LogP contribution in [0.1, 0.15) is 19.4 Å². The molecule has 7 nitrogen and oxygen atoms in total. The minimum Gasteiger partial charge on any atom is -0.370 e. The summed E-state index contributed by atoms with van der Waals surface area (Å²) in [6, 6.07) is 15.9. The van der Waals surface area contributed by atoms with Crippen molar-refractivity contribution < 1.29 is 13.2 Å². The Hall–Kier alpha value is -2.87. The summed E-state index contributed by atoms with van der Waals surface area (Å²) in [6.45, 7) is 4.11. The fourth-order valence-electron chi connectivity index (χ4n) is 2.93. The van der Waals surface area contributed by atoms with E-state index in [1.165, 1.54) is 6.07 Å². The Balaban J connectivity index is 1.63. The van der Waals surface area contributed by atoms with Gasteiger partial charge in [0, 0.05) is 30.9 Å². The number of nitrogens with one attached hydrogen (secondary N) is 2. The first kappa shape index (κ1) is 19.9. The Morgan fingerprint density at radius 3 is 2.46 bits per heavy atom. The first-order valence-corrected chi connectivity index (χ1v) is 10.5. The highest BCUT2D eigenvalue weighted by molar-refractivity contribution is 7.90. The molecule has 1 amide bonds. The summed E-state index contributed by atoms with van der Waals surface area (Å²) >= 11 is 0. The normalized spacial score (nSPS) is 18.0. The van der Waals surface area contributed by atoms with Gasteiger partial charge in [-0.3, -0.25) is 14.5 Å². The first-order valence-electron chi connectivity index (χ1n) is 9.05. The number of anilines is 1. The number of hydrogen-bond donors (Lipinski definition) is 2. The van der Waals surface area contributed by atoms with Crippen LogP contribution in [0.3, 0.4) is 0 Å². The van der Waals surface area contributed by atoms with Crippen molar-refractivity contribution in [3.8, 4) is 0 Å². The Morgan fingerprint density at radius 1 is 1.11 bits per heavy atom. The van der Waals surface area contributed by atoms with Crippen LogP contribution in [0.5, 0.6) is 0 Å². The lowest BCUT2D eigenvalue weighted by molar-refractivity contribution is -0.121. The number of aliphatic imine (C=N–C) groups is 1. The van der Waals surface area contributed by atoms with Gasteiger partial charge in [-0.1, -0.05) is 30.3 Å². The molecule has 1 aliphatic heterocycles. The maximum Gasteiger partial charge on any atom is 0.263 e. The first-order chi connectivity index (χ1) is 13.3. The van der Waals surface area contributed by atoms with Gasteiger partial charge in [-0.15, -0.1) is 0 Å². The predicted octanol–water partition coefficient (Wildman–Crippen LogP) is 1.75. The van der Waals surface area contributed by atoms with Gasteiger partial charge < -0.3 is 10.2 Å². The average molecular weight is 401 g/mol. The lowest BCUT2D eigenvalue weighted by atomic mass is 10.2. The van der Waals surface area contributed by atoms with Crippen molar-refractivity contribution >= 4 is 27.5 Å². The molecule has 1 unspecified atom stereocenters. The van der Waals surface area contributed by atoms with Gasteiger partial charge >= 0.3 is 0 Å². The third-order valence-electron chi connectivity index (χ3n) is 4.76. The van der Waals surface area contributed by atoms with Crippen LogP contribution in [-0.2, 0) is 14.8 Å². The van der Waals surface area contributed by atoms with Crippen LogP contribution in [0.15, 0.2) is 64.5 Å². The van der Waals surface area contributed by atoms with Crippen molar-refractivity contribution in [3.63, 3.8) is 0 Å². The molecule has 0 aromatic heterocycles. The molecular formula is C20H24N4O3S. The number of hydrogen-bond acceptors (Lipinski definition) is 5. The van der Waals surface area contributed by atoms with Crippen LogP contribution in [0.25, 0.3) is 0 Å². The second-order valence-electron chi connectivity index (χ2n) is 6.80. The van der Waals surface area contributed by atoms with E-state index in [1.54, 1.807) is 25.1 Å². The maximum absolute atomic E-state index is 12.5. The summed E-state index contributed by atoms with van der Waals surface area (Å²) in [5, 5.41) is 2.89. The van der Waals surface area contributed by atoms with Gasteiger partial charge in [-0.25, -0.2) is 8.42 Å². The highest BCUT2D eigenvalue weighted by atomic mass is 32.2. The fourth-order valence-corrected chi connectivity index (χ4v) is 4.17. The molecule has 0 saturated carbocycles. The number of sulfonamides is 1. The van der Waals surface area contributed by atoms with Crippen LogP contribution >= 0.6 is 0 Å². The van der Waals surface area contributed by atoms with Crippen molar-refractivity contribution in [1.29, 1.82) is 0 Å². The van der Waals surface area contributed by atoms with Crippen molar-refractivity contribution in [2.45, 2.75) is 30.8 Å². The molecule has 1 heterocycles. The standard InChI is InChI=1S/C20H24N4O3S/c1-14(24(3)16-9-5-4-6-10-16)13-21-20(25)15(2)22-19-17-11-7-8-12-18(17)28(26,27)23-19/h4-12,14-15H,13H2,1-3H3,(H,21,25)(H,22,23)/t14?,15-/m0/s1.